The van der Waals surface area contributed by atoms with E-state index in [1.54, 1.807) is 11.8 Å². The number of rotatable bonds is 3. The highest BCUT2D eigenvalue weighted by Crippen LogP contribution is 2.17. The Balaban J connectivity index is 2.81. The summed E-state index contributed by atoms with van der Waals surface area (Å²) in [6.45, 7) is 8.16. The molecule has 1 rings (SSSR count). The third kappa shape index (κ3) is 2.49. The van der Waals surface area contributed by atoms with Gasteiger partial charge in [-0.1, -0.05) is 20.8 Å². The summed E-state index contributed by atoms with van der Waals surface area (Å²) in [5.74, 6) is 0.369. The molecular weight excluding hydrogens is 192 g/mol. The highest BCUT2D eigenvalue weighted by Gasteiger charge is 2.34. The highest BCUT2D eigenvalue weighted by molar-refractivity contribution is 5.94. The monoisotopic (exact) mass is 212 g/mol. The molecule has 4 nitrogen and oxygen atoms in total. The Morgan fingerprint density at radius 1 is 1.47 bits per heavy atom. The number of hydrogen-bond acceptors (Lipinski definition) is 2. The van der Waals surface area contributed by atoms with Crippen LogP contribution in [0.15, 0.2) is 0 Å². The summed E-state index contributed by atoms with van der Waals surface area (Å²) in [7, 11) is 0. The first-order valence-corrected chi connectivity index (χ1v) is 5.57. The van der Waals surface area contributed by atoms with Crippen molar-refractivity contribution in [2.75, 3.05) is 6.54 Å². The zero-order valence-electron chi connectivity index (χ0n) is 9.91. The van der Waals surface area contributed by atoms with Crippen molar-refractivity contribution >= 4 is 11.8 Å². The summed E-state index contributed by atoms with van der Waals surface area (Å²) in [4.78, 5) is 25.0. The average molecular weight is 212 g/mol. The van der Waals surface area contributed by atoms with E-state index >= 15 is 0 Å². The maximum Gasteiger partial charge on any atom is 0.245 e. The fourth-order valence-corrected chi connectivity index (χ4v) is 2.16. The van der Waals surface area contributed by atoms with Crippen LogP contribution in [0.2, 0.25) is 0 Å². The van der Waals surface area contributed by atoms with Crippen molar-refractivity contribution in [1.82, 2.24) is 10.2 Å². The summed E-state index contributed by atoms with van der Waals surface area (Å²) in [5.41, 5.74) is 0. The first kappa shape index (κ1) is 12.0. The van der Waals surface area contributed by atoms with Crippen molar-refractivity contribution in [1.29, 1.82) is 0 Å². The SMILES string of the molecule is CCC(C(C)C)N1CC(=O)NC(C)C1=O. The molecule has 86 valence electrons. The zero-order valence-corrected chi connectivity index (χ0v) is 9.91. The van der Waals surface area contributed by atoms with Crippen LogP contribution >= 0.6 is 0 Å². The Bertz CT molecular complexity index is 263. The molecule has 2 amide bonds. The standard InChI is InChI=1S/C11H20N2O2/c1-5-9(7(2)3)13-6-10(14)12-8(4)11(13)15/h7-9H,5-6H2,1-4H3,(H,12,14). The number of hydrogen-bond donors (Lipinski definition) is 1. The first-order chi connectivity index (χ1) is 6.97. The Kier molecular flexibility index (Phi) is 3.72. The molecule has 1 aliphatic heterocycles. The smallest absolute Gasteiger partial charge is 0.245 e. The minimum Gasteiger partial charge on any atom is -0.343 e. The van der Waals surface area contributed by atoms with Crippen molar-refractivity contribution < 1.29 is 9.59 Å². The minimum absolute atomic E-state index is 0.0372. The van der Waals surface area contributed by atoms with Gasteiger partial charge < -0.3 is 10.2 Å². The summed E-state index contributed by atoms with van der Waals surface area (Å²) in [6, 6.07) is -0.204. The predicted molar refractivity (Wildman–Crippen MR) is 58.2 cm³/mol. The molecule has 1 fully saturated rings. The lowest BCUT2D eigenvalue weighted by atomic mass is 9.98. The average Bonchev–Trinajstić information content (AvgIpc) is 2.13. The molecule has 1 N–H and O–H groups in total. The van der Waals surface area contributed by atoms with E-state index in [-0.39, 0.29) is 30.4 Å². The summed E-state index contributed by atoms with van der Waals surface area (Å²) < 4.78 is 0. The second kappa shape index (κ2) is 4.64. The minimum atomic E-state index is -0.376. The fourth-order valence-electron chi connectivity index (χ4n) is 2.16. The van der Waals surface area contributed by atoms with Gasteiger partial charge in [0.1, 0.15) is 6.04 Å². The second-order valence-corrected chi connectivity index (χ2v) is 4.47. The third-order valence-corrected chi connectivity index (χ3v) is 2.93. The molecule has 1 heterocycles. The number of carbonyl (C=O) groups excluding carboxylic acids is 2. The predicted octanol–water partition coefficient (Wildman–Crippen LogP) is 0.768. The number of piperazine rings is 1. The Morgan fingerprint density at radius 3 is 2.53 bits per heavy atom. The van der Waals surface area contributed by atoms with E-state index in [0.29, 0.717) is 5.92 Å². The Hall–Kier alpha value is -1.06. The van der Waals surface area contributed by atoms with E-state index in [1.165, 1.54) is 0 Å². The summed E-state index contributed by atoms with van der Waals surface area (Å²) in [5, 5.41) is 2.65. The maximum atomic E-state index is 11.9. The molecule has 0 aliphatic carbocycles. The molecule has 0 aromatic carbocycles. The molecule has 1 saturated heterocycles. The molecule has 2 atom stereocenters. The van der Waals surface area contributed by atoms with Crippen molar-refractivity contribution in [2.45, 2.75) is 46.2 Å². The third-order valence-electron chi connectivity index (χ3n) is 2.93. The lowest BCUT2D eigenvalue weighted by Gasteiger charge is -2.38. The summed E-state index contributed by atoms with van der Waals surface area (Å²) >= 11 is 0. The van der Waals surface area contributed by atoms with Crippen LogP contribution in [0.25, 0.3) is 0 Å². The van der Waals surface area contributed by atoms with Crippen molar-refractivity contribution in [3.05, 3.63) is 0 Å². The van der Waals surface area contributed by atoms with Gasteiger partial charge in [0, 0.05) is 6.04 Å². The van der Waals surface area contributed by atoms with Crippen LogP contribution in [0.3, 0.4) is 0 Å². The number of nitrogens with one attached hydrogen (secondary N) is 1. The number of carbonyl (C=O) groups is 2. The molecule has 4 heteroatoms. The van der Waals surface area contributed by atoms with Crippen LogP contribution in [0.1, 0.15) is 34.1 Å². The Morgan fingerprint density at radius 2 is 2.07 bits per heavy atom. The van der Waals surface area contributed by atoms with E-state index in [2.05, 4.69) is 26.1 Å². The van der Waals surface area contributed by atoms with Gasteiger partial charge in [0.05, 0.1) is 6.54 Å². The molecule has 0 saturated carbocycles. The molecule has 0 spiro atoms. The van der Waals surface area contributed by atoms with E-state index in [4.69, 9.17) is 0 Å². The van der Waals surface area contributed by atoms with Crippen LogP contribution in [0.4, 0.5) is 0 Å². The normalized spacial score (nSPS) is 24.3. The van der Waals surface area contributed by atoms with Crippen molar-refractivity contribution in [3.8, 4) is 0 Å². The van der Waals surface area contributed by atoms with Crippen LogP contribution in [-0.2, 0) is 9.59 Å². The van der Waals surface area contributed by atoms with Crippen LogP contribution in [0.5, 0.6) is 0 Å². The van der Waals surface area contributed by atoms with E-state index in [9.17, 15) is 9.59 Å². The molecule has 1 aliphatic rings. The van der Waals surface area contributed by atoms with Gasteiger partial charge in [-0.15, -0.1) is 0 Å². The van der Waals surface area contributed by atoms with Crippen molar-refractivity contribution in [2.24, 2.45) is 5.92 Å². The molecule has 0 aromatic rings. The maximum absolute atomic E-state index is 11.9. The first-order valence-electron chi connectivity index (χ1n) is 5.57. The molecule has 2 unspecified atom stereocenters. The van der Waals surface area contributed by atoms with Gasteiger partial charge in [-0.25, -0.2) is 0 Å². The van der Waals surface area contributed by atoms with Crippen molar-refractivity contribution in [3.63, 3.8) is 0 Å². The van der Waals surface area contributed by atoms with Gasteiger partial charge in [-0.3, -0.25) is 9.59 Å². The molecule has 0 bridgehead atoms. The quantitative estimate of drug-likeness (QED) is 0.751. The van der Waals surface area contributed by atoms with E-state index in [0.717, 1.165) is 6.42 Å². The number of amides is 2. The Labute approximate surface area is 91.0 Å². The van der Waals surface area contributed by atoms with Gasteiger partial charge in [0.25, 0.3) is 0 Å². The lowest BCUT2D eigenvalue weighted by molar-refractivity contribution is -0.147. The van der Waals surface area contributed by atoms with Gasteiger partial charge in [-0.2, -0.15) is 0 Å². The molecule has 0 radical (unpaired) electrons. The second-order valence-electron chi connectivity index (χ2n) is 4.47. The van der Waals surface area contributed by atoms with Gasteiger partial charge in [0.15, 0.2) is 0 Å². The molecular formula is C11H20N2O2. The van der Waals surface area contributed by atoms with E-state index in [1.807, 2.05) is 0 Å². The topological polar surface area (TPSA) is 49.4 Å². The lowest BCUT2D eigenvalue weighted by Crippen LogP contribution is -2.60. The largest absolute Gasteiger partial charge is 0.343 e. The highest BCUT2D eigenvalue weighted by atomic mass is 16.2. The van der Waals surface area contributed by atoms with E-state index < -0.39 is 0 Å². The van der Waals surface area contributed by atoms with Crippen LogP contribution < -0.4 is 5.32 Å². The zero-order chi connectivity index (χ0) is 11.6. The van der Waals surface area contributed by atoms with Gasteiger partial charge in [0.2, 0.25) is 11.8 Å². The fraction of sp³-hybridized carbons (Fsp3) is 0.818. The van der Waals surface area contributed by atoms with Gasteiger partial charge in [-0.05, 0) is 19.3 Å². The van der Waals surface area contributed by atoms with Gasteiger partial charge >= 0.3 is 0 Å². The molecule has 0 aromatic heterocycles. The summed E-state index contributed by atoms with van der Waals surface area (Å²) in [6.07, 6.45) is 0.892. The van der Waals surface area contributed by atoms with Crippen LogP contribution in [-0.4, -0.2) is 35.3 Å². The van der Waals surface area contributed by atoms with Crippen LogP contribution in [0, 0.1) is 5.92 Å². The molecule has 15 heavy (non-hydrogen) atoms. The number of nitrogens with zero attached hydrogens (tertiary/aromatic N) is 1.